The Balaban J connectivity index is 0.000000423. The molecule has 0 radical (unpaired) electrons. The van der Waals surface area contributed by atoms with Crippen molar-refractivity contribution in [2.75, 3.05) is 52.9 Å². The number of ether oxygens (including phenoxy) is 3. The first-order valence-corrected chi connectivity index (χ1v) is 6.94. The minimum Gasteiger partial charge on any atom is -0.394 e. The van der Waals surface area contributed by atoms with Gasteiger partial charge in [0.05, 0.1) is 52.9 Å². The van der Waals surface area contributed by atoms with Gasteiger partial charge >= 0.3 is 0 Å². The summed E-state index contributed by atoms with van der Waals surface area (Å²) >= 11 is 5.03. The summed E-state index contributed by atoms with van der Waals surface area (Å²) in [7, 11) is 0. The molecule has 0 saturated carbocycles. The van der Waals surface area contributed by atoms with Crippen LogP contribution in [-0.4, -0.2) is 63.1 Å². The van der Waals surface area contributed by atoms with Crippen LogP contribution in [0.25, 0.3) is 0 Å². The van der Waals surface area contributed by atoms with Gasteiger partial charge in [-0.3, -0.25) is 0 Å². The van der Waals surface area contributed by atoms with Crippen LogP contribution < -0.4 is 4.29 Å². The SMILES string of the molecule is ClOc1ccccc1.OCCOCCOCCOCCO. The van der Waals surface area contributed by atoms with Crippen molar-refractivity contribution < 1.29 is 28.7 Å². The van der Waals surface area contributed by atoms with Crippen molar-refractivity contribution in [2.24, 2.45) is 0 Å². The van der Waals surface area contributed by atoms with Crippen molar-refractivity contribution in [3.63, 3.8) is 0 Å². The third-order valence-corrected chi connectivity index (χ3v) is 2.23. The second kappa shape index (κ2) is 17.2. The predicted octanol–water partition coefficient (Wildman–Crippen LogP) is 1.24. The Morgan fingerprint density at radius 1 is 0.714 bits per heavy atom. The summed E-state index contributed by atoms with van der Waals surface area (Å²) in [4.78, 5) is 0. The number of hydrogen-bond acceptors (Lipinski definition) is 6. The molecule has 0 heterocycles. The quantitative estimate of drug-likeness (QED) is 0.597. The van der Waals surface area contributed by atoms with Gasteiger partial charge in [-0.1, -0.05) is 18.2 Å². The number of aliphatic hydroxyl groups excluding tert-OH is 2. The molecule has 1 aromatic carbocycles. The first-order chi connectivity index (χ1) is 10.3. The number of aliphatic hydroxyl groups is 2. The Labute approximate surface area is 130 Å². The van der Waals surface area contributed by atoms with E-state index < -0.39 is 0 Å². The molecule has 7 heteroatoms. The van der Waals surface area contributed by atoms with Gasteiger partial charge in [0, 0.05) is 0 Å². The molecule has 21 heavy (non-hydrogen) atoms. The van der Waals surface area contributed by atoms with E-state index in [-0.39, 0.29) is 13.2 Å². The van der Waals surface area contributed by atoms with Gasteiger partial charge in [-0.15, -0.1) is 0 Å². The van der Waals surface area contributed by atoms with Gasteiger partial charge in [0.1, 0.15) is 17.6 Å². The van der Waals surface area contributed by atoms with Crippen molar-refractivity contribution in [2.45, 2.75) is 0 Å². The Kier molecular flexibility index (Phi) is 16.4. The zero-order chi connectivity index (χ0) is 15.6. The van der Waals surface area contributed by atoms with Crippen molar-refractivity contribution in [3.8, 4) is 5.75 Å². The Morgan fingerprint density at radius 3 is 1.48 bits per heavy atom. The molecule has 0 fully saturated rings. The molecule has 0 spiro atoms. The van der Waals surface area contributed by atoms with Crippen molar-refractivity contribution >= 4 is 11.9 Å². The molecule has 0 aliphatic carbocycles. The highest BCUT2D eigenvalue weighted by molar-refractivity contribution is 6.09. The topological polar surface area (TPSA) is 77.4 Å². The fourth-order valence-corrected chi connectivity index (χ4v) is 1.25. The van der Waals surface area contributed by atoms with Crippen molar-refractivity contribution in [1.82, 2.24) is 0 Å². The van der Waals surface area contributed by atoms with E-state index in [1.807, 2.05) is 18.2 Å². The summed E-state index contributed by atoms with van der Waals surface area (Å²) in [6.07, 6.45) is 0. The van der Waals surface area contributed by atoms with Crippen molar-refractivity contribution in [3.05, 3.63) is 30.3 Å². The lowest BCUT2D eigenvalue weighted by atomic mass is 10.3. The maximum atomic E-state index is 8.36. The van der Waals surface area contributed by atoms with Gasteiger partial charge in [-0.05, 0) is 12.1 Å². The average molecular weight is 323 g/mol. The highest BCUT2D eigenvalue weighted by atomic mass is 35.5. The van der Waals surface area contributed by atoms with E-state index in [1.54, 1.807) is 12.1 Å². The highest BCUT2D eigenvalue weighted by Gasteiger charge is 1.90. The van der Waals surface area contributed by atoms with Gasteiger partial charge in [0.15, 0.2) is 0 Å². The number of benzene rings is 1. The first-order valence-electron chi connectivity index (χ1n) is 6.63. The van der Waals surface area contributed by atoms with Crippen LogP contribution in [-0.2, 0) is 14.2 Å². The number of hydrogen-bond donors (Lipinski definition) is 2. The summed E-state index contributed by atoms with van der Waals surface area (Å²) in [6.45, 7) is 2.76. The summed E-state index contributed by atoms with van der Waals surface area (Å²) in [5.41, 5.74) is 0. The molecule has 0 saturated heterocycles. The molecule has 2 N–H and O–H groups in total. The van der Waals surface area contributed by atoms with Crippen LogP contribution >= 0.6 is 11.9 Å². The minimum atomic E-state index is 0.0413. The fraction of sp³-hybridized carbons (Fsp3) is 0.571. The van der Waals surface area contributed by atoms with Crippen LogP contribution in [0.1, 0.15) is 0 Å². The zero-order valence-electron chi connectivity index (χ0n) is 11.9. The molecular formula is C14H23ClO6. The smallest absolute Gasteiger partial charge is 0.146 e. The van der Waals surface area contributed by atoms with Crippen LogP contribution in [0.2, 0.25) is 0 Å². The summed E-state index contributed by atoms with van der Waals surface area (Å²) in [6, 6.07) is 9.19. The molecule has 1 aromatic rings. The van der Waals surface area contributed by atoms with Crippen LogP contribution in [0.15, 0.2) is 30.3 Å². The fourth-order valence-electron chi connectivity index (χ4n) is 1.14. The van der Waals surface area contributed by atoms with Crippen LogP contribution in [0, 0.1) is 0 Å². The summed E-state index contributed by atoms with van der Waals surface area (Å²) in [5, 5.41) is 16.7. The molecule has 6 nitrogen and oxygen atoms in total. The van der Waals surface area contributed by atoms with Gasteiger partial charge in [-0.2, -0.15) is 0 Å². The van der Waals surface area contributed by atoms with E-state index in [1.165, 1.54) is 0 Å². The third-order valence-electron chi connectivity index (χ3n) is 2.05. The zero-order valence-corrected chi connectivity index (χ0v) is 12.7. The predicted molar refractivity (Wildman–Crippen MR) is 79.6 cm³/mol. The molecule has 1 rings (SSSR count). The molecule has 0 aliphatic heterocycles. The molecule has 0 aromatic heterocycles. The lowest BCUT2D eigenvalue weighted by molar-refractivity contribution is 0.00230. The third kappa shape index (κ3) is 15.3. The maximum Gasteiger partial charge on any atom is 0.146 e. The van der Waals surface area contributed by atoms with E-state index in [0.717, 1.165) is 0 Å². The first kappa shape index (κ1) is 20.1. The van der Waals surface area contributed by atoms with Gasteiger partial charge in [-0.25, -0.2) is 0 Å². The Hall–Kier alpha value is -0.890. The standard InChI is InChI=1S/C8H18O5.C6H5ClO/c9-1-3-11-5-7-13-8-6-12-4-2-10;7-8-6-4-2-1-3-5-6/h9-10H,1-8H2;1-5H. The molecule has 122 valence electrons. The van der Waals surface area contributed by atoms with Crippen LogP contribution in [0.4, 0.5) is 0 Å². The minimum absolute atomic E-state index is 0.0413. The lowest BCUT2D eigenvalue weighted by Crippen LogP contribution is -2.11. The molecule has 0 atom stereocenters. The van der Waals surface area contributed by atoms with E-state index in [2.05, 4.69) is 4.29 Å². The number of para-hydroxylation sites is 1. The van der Waals surface area contributed by atoms with Gasteiger partial charge in [0.25, 0.3) is 0 Å². The summed E-state index contributed by atoms with van der Waals surface area (Å²) < 4.78 is 19.4. The Bertz CT molecular complexity index is 289. The van der Waals surface area contributed by atoms with Crippen molar-refractivity contribution in [1.29, 1.82) is 0 Å². The second-order valence-corrected chi connectivity index (χ2v) is 3.83. The normalized spacial score (nSPS) is 9.86. The number of halogens is 1. The van der Waals surface area contributed by atoms with E-state index in [0.29, 0.717) is 45.4 Å². The molecule has 0 aliphatic rings. The van der Waals surface area contributed by atoms with E-state index in [4.69, 9.17) is 36.3 Å². The second-order valence-electron chi connectivity index (χ2n) is 3.67. The van der Waals surface area contributed by atoms with E-state index in [9.17, 15) is 0 Å². The molecule has 0 unspecified atom stereocenters. The molecular weight excluding hydrogens is 300 g/mol. The highest BCUT2D eigenvalue weighted by Crippen LogP contribution is 2.08. The lowest BCUT2D eigenvalue weighted by Gasteiger charge is -2.04. The maximum absolute atomic E-state index is 8.36. The van der Waals surface area contributed by atoms with Gasteiger partial charge < -0.3 is 28.7 Å². The monoisotopic (exact) mass is 322 g/mol. The van der Waals surface area contributed by atoms with E-state index >= 15 is 0 Å². The summed E-state index contributed by atoms with van der Waals surface area (Å²) in [5.74, 6) is 0.675. The molecule has 0 amide bonds. The Morgan fingerprint density at radius 2 is 1.14 bits per heavy atom. The largest absolute Gasteiger partial charge is 0.394 e. The van der Waals surface area contributed by atoms with Crippen LogP contribution in [0.5, 0.6) is 5.75 Å². The van der Waals surface area contributed by atoms with Crippen LogP contribution in [0.3, 0.4) is 0 Å². The molecule has 0 bridgehead atoms. The average Bonchev–Trinajstić information content (AvgIpc) is 2.55. The number of rotatable bonds is 11. The van der Waals surface area contributed by atoms with Gasteiger partial charge in [0.2, 0.25) is 0 Å².